The monoisotopic (exact) mass is 369 g/mol. The lowest BCUT2D eigenvalue weighted by Gasteiger charge is -2.38. The number of nitrogens with zero attached hydrogens (tertiary/aromatic N) is 1. The highest BCUT2D eigenvalue weighted by Crippen LogP contribution is 2.59. The van der Waals surface area contributed by atoms with Gasteiger partial charge in [-0.2, -0.15) is 0 Å². The van der Waals surface area contributed by atoms with E-state index in [1.807, 2.05) is 0 Å². The zero-order chi connectivity index (χ0) is 18.8. The van der Waals surface area contributed by atoms with Crippen LogP contribution in [0, 0.1) is 0 Å². The summed E-state index contributed by atoms with van der Waals surface area (Å²) in [5, 5.41) is 3.69. The first-order valence-corrected chi connectivity index (χ1v) is 11.1. The van der Waals surface area contributed by atoms with Gasteiger partial charge in [-0.1, -0.05) is 74.9 Å². The summed E-state index contributed by atoms with van der Waals surface area (Å²) in [6, 6.07) is 13.0. The molecule has 6 rings (SSSR count). The quantitative estimate of drug-likeness (QED) is 0.431. The molecule has 3 aliphatic rings. The Labute approximate surface area is 166 Å². The lowest BCUT2D eigenvalue weighted by Crippen LogP contribution is -2.44. The van der Waals surface area contributed by atoms with Gasteiger partial charge in [0.15, 0.2) is 5.78 Å². The maximum absolute atomic E-state index is 14.2. The predicted octanol–water partition coefficient (Wildman–Crippen LogP) is 6.37. The maximum Gasteiger partial charge on any atom is 0.153 e. The van der Waals surface area contributed by atoms with Crippen LogP contribution in [-0.2, 0) is 15.6 Å². The van der Waals surface area contributed by atoms with Gasteiger partial charge in [0.2, 0.25) is 0 Å². The molecule has 2 spiro atoms. The van der Waals surface area contributed by atoms with Crippen LogP contribution in [0.3, 0.4) is 0 Å². The zero-order valence-corrected chi connectivity index (χ0v) is 16.5. The van der Waals surface area contributed by atoms with Gasteiger partial charge in [0.25, 0.3) is 0 Å². The van der Waals surface area contributed by atoms with Gasteiger partial charge in [0.05, 0.1) is 16.3 Å². The number of carbonyl (C=O) groups is 1. The van der Waals surface area contributed by atoms with Crippen LogP contribution in [0.25, 0.3) is 21.7 Å². The second kappa shape index (κ2) is 5.89. The molecule has 2 fully saturated rings. The number of fused-ring (bicyclic) bond motifs is 7. The average Bonchev–Trinajstić information content (AvgIpc) is 2.95. The SMILES string of the molecule is O=C1C2(CCCCC2)c2cnc3c(ccc4ccccc43)c2C12CCCCC2. The van der Waals surface area contributed by atoms with Gasteiger partial charge in [0, 0.05) is 17.0 Å². The fraction of sp³-hybridized carbons (Fsp3) is 0.462. The minimum atomic E-state index is -0.255. The van der Waals surface area contributed by atoms with Crippen LogP contribution < -0.4 is 0 Å². The Hall–Kier alpha value is -2.22. The summed E-state index contributed by atoms with van der Waals surface area (Å²) in [4.78, 5) is 19.2. The van der Waals surface area contributed by atoms with Crippen molar-refractivity contribution in [3.8, 4) is 0 Å². The first kappa shape index (κ1) is 16.7. The van der Waals surface area contributed by atoms with E-state index in [-0.39, 0.29) is 10.8 Å². The van der Waals surface area contributed by atoms with Gasteiger partial charge < -0.3 is 0 Å². The topological polar surface area (TPSA) is 30.0 Å². The van der Waals surface area contributed by atoms with Gasteiger partial charge in [-0.05, 0) is 42.2 Å². The molecule has 0 amide bonds. The molecule has 2 heteroatoms. The van der Waals surface area contributed by atoms with Crippen molar-refractivity contribution in [2.24, 2.45) is 0 Å². The van der Waals surface area contributed by atoms with E-state index in [4.69, 9.17) is 4.98 Å². The van der Waals surface area contributed by atoms with Gasteiger partial charge in [-0.15, -0.1) is 0 Å². The molecule has 0 bridgehead atoms. The number of rotatable bonds is 0. The summed E-state index contributed by atoms with van der Waals surface area (Å²) >= 11 is 0. The molecule has 0 radical (unpaired) electrons. The Balaban J connectivity index is 1.71. The van der Waals surface area contributed by atoms with Crippen molar-refractivity contribution in [1.29, 1.82) is 0 Å². The third-order valence-corrected chi connectivity index (χ3v) is 8.04. The highest BCUT2D eigenvalue weighted by atomic mass is 16.1. The molecule has 28 heavy (non-hydrogen) atoms. The van der Waals surface area contributed by atoms with Crippen LogP contribution in [0.1, 0.15) is 75.3 Å². The van der Waals surface area contributed by atoms with Crippen molar-refractivity contribution >= 4 is 27.5 Å². The van der Waals surface area contributed by atoms with Crippen molar-refractivity contribution in [3.63, 3.8) is 0 Å². The number of aromatic nitrogens is 1. The van der Waals surface area contributed by atoms with Crippen LogP contribution in [-0.4, -0.2) is 10.8 Å². The second-order valence-electron chi connectivity index (χ2n) is 9.34. The first-order chi connectivity index (χ1) is 13.8. The van der Waals surface area contributed by atoms with E-state index in [1.54, 1.807) is 0 Å². The fourth-order valence-electron chi connectivity index (χ4n) is 6.79. The minimum Gasteiger partial charge on any atom is -0.298 e. The highest BCUT2D eigenvalue weighted by Gasteiger charge is 2.60. The standard InChI is InChI=1S/C26H27NO/c28-24-25(13-5-1-6-14-25)21-17-27-23-19-10-4-3-9-18(19)11-12-20(23)22(21)26(24)15-7-2-8-16-26/h3-4,9-12,17H,1-2,5-8,13-16H2. The summed E-state index contributed by atoms with van der Waals surface area (Å²) in [5.41, 5.74) is 3.24. The molecule has 3 aliphatic carbocycles. The fourth-order valence-corrected chi connectivity index (χ4v) is 6.79. The van der Waals surface area contributed by atoms with E-state index in [0.29, 0.717) is 5.78 Å². The van der Waals surface area contributed by atoms with Crippen LogP contribution in [0.4, 0.5) is 0 Å². The lowest BCUT2D eigenvalue weighted by molar-refractivity contribution is -0.131. The van der Waals surface area contributed by atoms with E-state index in [1.165, 1.54) is 65.8 Å². The van der Waals surface area contributed by atoms with Crippen molar-refractivity contribution in [1.82, 2.24) is 4.98 Å². The number of hydrogen-bond acceptors (Lipinski definition) is 2. The normalized spacial score (nSPS) is 22.9. The van der Waals surface area contributed by atoms with Crippen molar-refractivity contribution in [3.05, 3.63) is 53.7 Å². The Morgan fingerprint density at radius 2 is 1.39 bits per heavy atom. The van der Waals surface area contributed by atoms with Crippen molar-refractivity contribution in [2.75, 3.05) is 0 Å². The van der Waals surface area contributed by atoms with Gasteiger partial charge >= 0.3 is 0 Å². The molecule has 0 N–H and O–H groups in total. The first-order valence-electron chi connectivity index (χ1n) is 11.1. The predicted molar refractivity (Wildman–Crippen MR) is 114 cm³/mol. The summed E-state index contributed by atoms with van der Waals surface area (Å²) in [6.07, 6.45) is 13.5. The average molecular weight is 370 g/mol. The summed E-state index contributed by atoms with van der Waals surface area (Å²) in [7, 11) is 0. The van der Waals surface area contributed by atoms with Crippen LogP contribution in [0.15, 0.2) is 42.6 Å². The molecule has 1 aromatic heterocycles. The zero-order valence-electron chi connectivity index (χ0n) is 16.5. The van der Waals surface area contributed by atoms with E-state index in [2.05, 4.69) is 42.6 Å². The highest BCUT2D eigenvalue weighted by molar-refractivity contribution is 6.13. The van der Waals surface area contributed by atoms with E-state index < -0.39 is 0 Å². The Kier molecular flexibility index (Phi) is 3.51. The number of ketones is 1. The van der Waals surface area contributed by atoms with E-state index in [9.17, 15) is 4.79 Å². The Bertz CT molecular complexity index is 1100. The third kappa shape index (κ3) is 1.99. The smallest absolute Gasteiger partial charge is 0.153 e. The molecule has 0 unspecified atom stereocenters. The van der Waals surface area contributed by atoms with Gasteiger partial charge in [-0.3, -0.25) is 9.78 Å². The molecule has 3 aromatic rings. The molecule has 2 nitrogen and oxygen atoms in total. The molecule has 142 valence electrons. The van der Waals surface area contributed by atoms with Crippen molar-refractivity contribution in [2.45, 2.75) is 75.0 Å². The molecule has 2 saturated carbocycles. The number of hydrogen-bond donors (Lipinski definition) is 0. The number of carbonyl (C=O) groups excluding carboxylic acids is 1. The Morgan fingerprint density at radius 1 is 0.714 bits per heavy atom. The summed E-state index contributed by atoms with van der Waals surface area (Å²) < 4.78 is 0. The number of benzene rings is 2. The Morgan fingerprint density at radius 3 is 2.14 bits per heavy atom. The summed E-state index contributed by atoms with van der Waals surface area (Å²) in [5.74, 6) is 0.553. The van der Waals surface area contributed by atoms with Gasteiger partial charge in [-0.25, -0.2) is 0 Å². The van der Waals surface area contributed by atoms with Crippen molar-refractivity contribution < 1.29 is 4.79 Å². The molecule has 2 aromatic carbocycles. The maximum atomic E-state index is 14.2. The molecule has 1 heterocycles. The number of pyridine rings is 1. The van der Waals surface area contributed by atoms with Crippen LogP contribution in [0.5, 0.6) is 0 Å². The second-order valence-corrected chi connectivity index (χ2v) is 9.34. The van der Waals surface area contributed by atoms with Crippen LogP contribution >= 0.6 is 0 Å². The summed E-state index contributed by atoms with van der Waals surface area (Å²) in [6.45, 7) is 0. The minimum absolute atomic E-state index is 0.252. The lowest BCUT2D eigenvalue weighted by atomic mass is 9.63. The van der Waals surface area contributed by atoms with Crippen LogP contribution in [0.2, 0.25) is 0 Å². The molecular weight excluding hydrogens is 342 g/mol. The van der Waals surface area contributed by atoms with E-state index in [0.717, 1.165) is 31.2 Å². The van der Waals surface area contributed by atoms with Gasteiger partial charge in [0.1, 0.15) is 0 Å². The molecular formula is C26H27NO. The molecule has 0 atom stereocenters. The molecule has 0 saturated heterocycles. The van der Waals surface area contributed by atoms with E-state index >= 15 is 0 Å². The third-order valence-electron chi connectivity index (χ3n) is 8.04. The number of Topliss-reactive ketones (excluding diaryl/α,β-unsaturated/α-hetero) is 1. The largest absolute Gasteiger partial charge is 0.298 e. The molecule has 0 aliphatic heterocycles.